The second-order valence-electron chi connectivity index (χ2n) is 3.15. The molecule has 2 rings (SSSR count). The number of carbonyl (C=O) groups excluding carboxylic acids is 1. The summed E-state index contributed by atoms with van der Waals surface area (Å²) in [6.07, 6.45) is 0.612. The molecule has 1 aromatic carbocycles. The molecule has 0 radical (unpaired) electrons. The van der Waals surface area contributed by atoms with Gasteiger partial charge in [0, 0.05) is 11.3 Å². The number of fused-ring (bicyclic) bond motifs is 1. The second kappa shape index (κ2) is 2.63. The Hall–Kier alpha value is -0.760. The third kappa shape index (κ3) is 1.07. The Balaban J connectivity index is 2.61. The summed E-state index contributed by atoms with van der Waals surface area (Å²) in [5.41, 5.74) is 3.74. The lowest BCUT2D eigenvalue weighted by Gasteiger charge is -2.04. The monoisotopic (exact) mass is 178 g/mol. The quantitative estimate of drug-likeness (QED) is 0.607. The second-order valence-corrected chi connectivity index (χ2v) is 4.21. The van der Waals surface area contributed by atoms with Crippen LogP contribution in [-0.4, -0.2) is 5.12 Å². The first kappa shape index (κ1) is 7.87. The van der Waals surface area contributed by atoms with Crippen molar-refractivity contribution in [3.05, 3.63) is 28.8 Å². The average Bonchev–Trinajstić information content (AvgIpc) is 2.39. The number of benzene rings is 1. The van der Waals surface area contributed by atoms with Crippen molar-refractivity contribution in [3.63, 3.8) is 0 Å². The molecule has 0 atom stereocenters. The fourth-order valence-electron chi connectivity index (χ4n) is 1.43. The Bertz CT molecular complexity index is 355. The van der Waals surface area contributed by atoms with Gasteiger partial charge in [0.25, 0.3) is 0 Å². The molecule has 1 aromatic rings. The molecule has 0 N–H and O–H groups in total. The third-order valence-electron chi connectivity index (χ3n) is 2.31. The number of thioether (sulfide) groups is 1. The third-order valence-corrected chi connectivity index (χ3v) is 3.45. The van der Waals surface area contributed by atoms with Crippen molar-refractivity contribution in [2.45, 2.75) is 25.2 Å². The van der Waals surface area contributed by atoms with E-state index in [0.29, 0.717) is 6.42 Å². The molecule has 0 aromatic heterocycles. The first-order valence-corrected chi connectivity index (χ1v) is 4.80. The van der Waals surface area contributed by atoms with Crippen LogP contribution in [0.5, 0.6) is 0 Å². The molecule has 0 bridgehead atoms. The minimum Gasteiger partial charge on any atom is -0.286 e. The molecule has 0 aliphatic carbocycles. The largest absolute Gasteiger partial charge is 0.286 e. The molecule has 0 fully saturated rings. The van der Waals surface area contributed by atoms with Crippen LogP contribution in [0.1, 0.15) is 16.7 Å². The Morgan fingerprint density at radius 1 is 1.33 bits per heavy atom. The lowest BCUT2D eigenvalue weighted by Crippen LogP contribution is -1.87. The van der Waals surface area contributed by atoms with Crippen molar-refractivity contribution in [3.8, 4) is 0 Å². The molecule has 1 aliphatic heterocycles. The van der Waals surface area contributed by atoms with Crippen LogP contribution in [0.3, 0.4) is 0 Å². The van der Waals surface area contributed by atoms with Crippen molar-refractivity contribution >= 4 is 16.9 Å². The van der Waals surface area contributed by atoms with Crippen molar-refractivity contribution in [1.82, 2.24) is 0 Å². The van der Waals surface area contributed by atoms with Crippen molar-refractivity contribution in [2.24, 2.45) is 0 Å². The summed E-state index contributed by atoms with van der Waals surface area (Å²) >= 11 is 1.39. The van der Waals surface area contributed by atoms with E-state index in [4.69, 9.17) is 0 Å². The molecule has 0 saturated carbocycles. The summed E-state index contributed by atoms with van der Waals surface area (Å²) in [6, 6.07) is 4.16. The Morgan fingerprint density at radius 3 is 2.83 bits per heavy atom. The summed E-state index contributed by atoms with van der Waals surface area (Å²) in [7, 11) is 0. The Morgan fingerprint density at radius 2 is 2.08 bits per heavy atom. The van der Waals surface area contributed by atoms with Crippen LogP contribution in [0.4, 0.5) is 0 Å². The standard InChI is InChI=1S/C10H10OS/c1-6-3-4-8-5-9(11)12-10(8)7(6)2/h3-4H,5H2,1-2H3. The molecular formula is C10H10OS. The van der Waals surface area contributed by atoms with E-state index in [0.717, 1.165) is 0 Å². The fraction of sp³-hybridized carbons (Fsp3) is 0.300. The number of rotatable bonds is 0. The van der Waals surface area contributed by atoms with Crippen molar-refractivity contribution < 1.29 is 4.79 Å². The van der Waals surface area contributed by atoms with Crippen molar-refractivity contribution in [1.29, 1.82) is 0 Å². The van der Waals surface area contributed by atoms with Crippen molar-refractivity contribution in [2.75, 3.05) is 0 Å². The van der Waals surface area contributed by atoms with E-state index in [1.165, 1.54) is 33.3 Å². The van der Waals surface area contributed by atoms with Gasteiger partial charge in [-0.05, 0) is 30.5 Å². The van der Waals surface area contributed by atoms with Crippen LogP contribution >= 0.6 is 11.8 Å². The lowest BCUT2D eigenvalue weighted by molar-refractivity contribution is -0.110. The molecule has 62 valence electrons. The molecule has 0 unspecified atom stereocenters. The van der Waals surface area contributed by atoms with Crippen LogP contribution in [0.15, 0.2) is 17.0 Å². The molecule has 0 amide bonds. The molecular weight excluding hydrogens is 168 g/mol. The zero-order valence-corrected chi connectivity index (χ0v) is 7.99. The van der Waals surface area contributed by atoms with Gasteiger partial charge in [-0.25, -0.2) is 0 Å². The van der Waals surface area contributed by atoms with Gasteiger partial charge in [-0.2, -0.15) is 0 Å². The summed E-state index contributed by atoms with van der Waals surface area (Å²) in [5, 5.41) is 0.277. The van der Waals surface area contributed by atoms with Crippen LogP contribution in [0.2, 0.25) is 0 Å². The van der Waals surface area contributed by atoms with Crippen LogP contribution < -0.4 is 0 Å². The predicted octanol–water partition coefficient (Wildman–Crippen LogP) is 2.48. The van der Waals surface area contributed by atoms with E-state index in [1.807, 2.05) is 0 Å². The van der Waals surface area contributed by atoms with Gasteiger partial charge in [0.15, 0.2) is 5.12 Å². The molecule has 1 nitrogen and oxygen atoms in total. The Kier molecular flexibility index (Phi) is 1.72. The first-order valence-electron chi connectivity index (χ1n) is 3.98. The van der Waals surface area contributed by atoms with E-state index < -0.39 is 0 Å². The van der Waals surface area contributed by atoms with Gasteiger partial charge in [-0.15, -0.1) is 0 Å². The van der Waals surface area contributed by atoms with E-state index in [9.17, 15) is 4.79 Å². The molecule has 2 heteroatoms. The molecule has 0 saturated heterocycles. The fourth-order valence-corrected chi connectivity index (χ4v) is 2.47. The minimum absolute atomic E-state index is 0.277. The smallest absolute Gasteiger partial charge is 0.198 e. The Labute approximate surface area is 76.2 Å². The average molecular weight is 178 g/mol. The van der Waals surface area contributed by atoms with Gasteiger partial charge in [0.05, 0.1) is 0 Å². The first-order chi connectivity index (χ1) is 5.68. The topological polar surface area (TPSA) is 17.1 Å². The highest BCUT2D eigenvalue weighted by Gasteiger charge is 2.21. The van der Waals surface area contributed by atoms with Crippen LogP contribution in [0, 0.1) is 13.8 Å². The van der Waals surface area contributed by atoms with E-state index in [-0.39, 0.29) is 5.12 Å². The summed E-state index contributed by atoms with van der Waals surface area (Å²) < 4.78 is 0. The zero-order chi connectivity index (χ0) is 8.72. The minimum atomic E-state index is 0.277. The van der Waals surface area contributed by atoms with Gasteiger partial charge >= 0.3 is 0 Å². The number of hydrogen-bond acceptors (Lipinski definition) is 2. The molecule has 1 aliphatic rings. The number of hydrogen-bond donors (Lipinski definition) is 0. The molecule has 12 heavy (non-hydrogen) atoms. The SMILES string of the molecule is Cc1ccc2c(c1C)SC(=O)C2. The van der Waals surface area contributed by atoms with Crippen LogP contribution in [-0.2, 0) is 11.2 Å². The van der Waals surface area contributed by atoms with Gasteiger partial charge in [-0.1, -0.05) is 23.9 Å². The van der Waals surface area contributed by atoms with Gasteiger partial charge in [0.2, 0.25) is 0 Å². The summed E-state index contributed by atoms with van der Waals surface area (Å²) in [5.74, 6) is 0. The highest BCUT2D eigenvalue weighted by molar-refractivity contribution is 8.14. The maximum atomic E-state index is 11.1. The van der Waals surface area contributed by atoms with Gasteiger partial charge < -0.3 is 0 Å². The predicted molar refractivity (Wildman–Crippen MR) is 50.5 cm³/mol. The van der Waals surface area contributed by atoms with Gasteiger partial charge in [0.1, 0.15) is 0 Å². The van der Waals surface area contributed by atoms with E-state index >= 15 is 0 Å². The molecule has 1 heterocycles. The maximum absolute atomic E-state index is 11.1. The normalized spacial score (nSPS) is 15.0. The number of aryl methyl sites for hydroxylation is 1. The van der Waals surface area contributed by atoms with Crippen LogP contribution in [0.25, 0.3) is 0 Å². The lowest BCUT2D eigenvalue weighted by atomic mass is 10.0. The van der Waals surface area contributed by atoms with Gasteiger partial charge in [-0.3, -0.25) is 4.79 Å². The number of carbonyl (C=O) groups is 1. The highest BCUT2D eigenvalue weighted by atomic mass is 32.2. The highest BCUT2D eigenvalue weighted by Crippen LogP contribution is 2.36. The van der Waals surface area contributed by atoms with E-state index in [2.05, 4.69) is 26.0 Å². The zero-order valence-electron chi connectivity index (χ0n) is 7.18. The molecule has 0 spiro atoms. The summed E-state index contributed by atoms with van der Waals surface area (Å²) in [6.45, 7) is 4.17. The van der Waals surface area contributed by atoms with E-state index in [1.54, 1.807) is 0 Å². The maximum Gasteiger partial charge on any atom is 0.198 e. The summed E-state index contributed by atoms with van der Waals surface area (Å²) in [4.78, 5) is 12.3.